The fraction of sp³-hybridized carbons (Fsp3) is 0.286. The lowest BCUT2D eigenvalue weighted by molar-refractivity contribution is 0.0787. The van der Waals surface area contributed by atoms with E-state index in [0.29, 0.717) is 18.0 Å². The second kappa shape index (κ2) is 7.23. The summed E-state index contributed by atoms with van der Waals surface area (Å²) >= 11 is 0. The highest BCUT2D eigenvalue weighted by Crippen LogP contribution is 2.30. The number of aryl methyl sites for hydroxylation is 1. The number of hydrogen-bond donors (Lipinski definition) is 0. The van der Waals surface area contributed by atoms with Crippen molar-refractivity contribution < 1.29 is 9.53 Å². The Hall–Kier alpha value is -3.15. The quantitative estimate of drug-likeness (QED) is 0.714. The molecule has 1 unspecified atom stereocenters. The van der Waals surface area contributed by atoms with Crippen molar-refractivity contribution in [2.24, 2.45) is 0 Å². The topological polar surface area (TPSA) is 60.2 Å². The lowest BCUT2D eigenvalue weighted by atomic mass is 10.2. The van der Waals surface area contributed by atoms with E-state index < -0.39 is 0 Å². The Morgan fingerprint density at radius 1 is 1.11 bits per heavy atom. The SMILES string of the molecule is COc1ccc(C(=O)N2CCC(n3c(C)cnc3-c3ccccc3)C2)cn1. The highest BCUT2D eigenvalue weighted by Gasteiger charge is 2.30. The van der Waals surface area contributed by atoms with Crippen molar-refractivity contribution in [1.29, 1.82) is 0 Å². The van der Waals surface area contributed by atoms with Gasteiger partial charge in [0, 0.05) is 42.8 Å². The van der Waals surface area contributed by atoms with Crippen LogP contribution in [0.15, 0.2) is 54.9 Å². The molecule has 1 aromatic carbocycles. The van der Waals surface area contributed by atoms with Gasteiger partial charge in [-0.3, -0.25) is 4.79 Å². The zero-order chi connectivity index (χ0) is 18.8. The van der Waals surface area contributed by atoms with Crippen molar-refractivity contribution in [1.82, 2.24) is 19.4 Å². The number of carbonyl (C=O) groups excluding carboxylic acids is 1. The molecule has 0 spiro atoms. The summed E-state index contributed by atoms with van der Waals surface area (Å²) in [5.41, 5.74) is 2.79. The molecule has 1 aliphatic heterocycles. The van der Waals surface area contributed by atoms with E-state index in [1.54, 1.807) is 25.4 Å². The maximum Gasteiger partial charge on any atom is 0.255 e. The van der Waals surface area contributed by atoms with Gasteiger partial charge in [0.05, 0.1) is 18.7 Å². The molecule has 2 aromatic heterocycles. The highest BCUT2D eigenvalue weighted by molar-refractivity contribution is 5.94. The van der Waals surface area contributed by atoms with Crippen molar-refractivity contribution in [3.05, 3.63) is 66.1 Å². The molecule has 27 heavy (non-hydrogen) atoms. The molecule has 0 saturated carbocycles. The van der Waals surface area contributed by atoms with E-state index >= 15 is 0 Å². The Morgan fingerprint density at radius 2 is 1.93 bits per heavy atom. The number of imidazole rings is 1. The number of hydrogen-bond acceptors (Lipinski definition) is 4. The van der Waals surface area contributed by atoms with Gasteiger partial charge in [-0.15, -0.1) is 0 Å². The predicted octanol–water partition coefficient (Wildman–Crippen LogP) is 3.35. The van der Waals surface area contributed by atoms with Crippen molar-refractivity contribution in [2.45, 2.75) is 19.4 Å². The normalized spacial score (nSPS) is 16.5. The van der Waals surface area contributed by atoms with Crippen LogP contribution in [0.25, 0.3) is 11.4 Å². The van der Waals surface area contributed by atoms with Gasteiger partial charge in [0.2, 0.25) is 5.88 Å². The monoisotopic (exact) mass is 362 g/mol. The standard InChI is InChI=1S/C21H22N4O2/c1-15-12-23-20(16-6-4-3-5-7-16)25(15)18-10-11-24(14-18)21(26)17-8-9-19(27-2)22-13-17/h3-9,12-13,18H,10-11,14H2,1-2H3. The van der Waals surface area contributed by atoms with Crippen LogP contribution in [-0.2, 0) is 0 Å². The van der Waals surface area contributed by atoms with Crippen LogP contribution < -0.4 is 4.74 Å². The first-order valence-corrected chi connectivity index (χ1v) is 9.06. The van der Waals surface area contributed by atoms with Crippen LogP contribution in [0.3, 0.4) is 0 Å². The molecule has 6 nitrogen and oxygen atoms in total. The largest absolute Gasteiger partial charge is 0.481 e. The number of methoxy groups -OCH3 is 1. The second-order valence-electron chi connectivity index (χ2n) is 6.74. The molecule has 138 valence electrons. The van der Waals surface area contributed by atoms with Gasteiger partial charge in [-0.05, 0) is 19.4 Å². The molecule has 0 aliphatic carbocycles. The van der Waals surface area contributed by atoms with Crippen LogP contribution in [0.5, 0.6) is 5.88 Å². The van der Waals surface area contributed by atoms with Gasteiger partial charge in [-0.25, -0.2) is 9.97 Å². The van der Waals surface area contributed by atoms with Gasteiger partial charge in [0.25, 0.3) is 5.91 Å². The van der Waals surface area contributed by atoms with Crippen LogP contribution >= 0.6 is 0 Å². The predicted molar refractivity (Wildman–Crippen MR) is 103 cm³/mol. The van der Waals surface area contributed by atoms with Crippen LogP contribution in [0.4, 0.5) is 0 Å². The van der Waals surface area contributed by atoms with Crippen molar-refractivity contribution in [3.63, 3.8) is 0 Å². The number of likely N-dealkylation sites (tertiary alicyclic amines) is 1. The third-order valence-electron chi connectivity index (χ3n) is 5.02. The first kappa shape index (κ1) is 17.3. The minimum absolute atomic E-state index is 0.00619. The minimum Gasteiger partial charge on any atom is -0.481 e. The number of amides is 1. The number of ether oxygens (including phenoxy) is 1. The van der Waals surface area contributed by atoms with Crippen LogP contribution in [-0.4, -0.2) is 45.5 Å². The Bertz CT molecular complexity index is 935. The third kappa shape index (κ3) is 3.30. The number of rotatable bonds is 4. The Kier molecular flexibility index (Phi) is 4.62. The lowest BCUT2D eigenvalue weighted by Crippen LogP contribution is -2.29. The summed E-state index contributed by atoms with van der Waals surface area (Å²) in [6.07, 6.45) is 4.39. The Labute approximate surface area is 158 Å². The zero-order valence-electron chi connectivity index (χ0n) is 15.5. The molecule has 1 aliphatic rings. The minimum atomic E-state index is 0.00619. The molecule has 6 heteroatoms. The summed E-state index contributed by atoms with van der Waals surface area (Å²) in [5, 5.41) is 0. The first-order valence-electron chi connectivity index (χ1n) is 9.06. The van der Waals surface area contributed by atoms with Crippen molar-refractivity contribution in [2.75, 3.05) is 20.2 Å². The van der Waals surface area contributed by atoms with E-state index in [4.69, 9.17) is 4.74 Å². The summed E-state index contributed by atoms with van der Waals surface area (Å²) < 4.78 is 7.32. The highest BCUT2D eigenvalue weighted by atomic mass is 16.5. The van der Waals surface area contributed by atoms with Gasteiger partial charge in [0.1, 0.15) is 5.82 Å². The van der Waals surface area contributed by atoms with Gasteiger partial charge < -0.3 is 14.2 Å². The molecule has 0 N–H and O–H groups in total. The average molecular weight is 362 g/mol. The van der Waals surface area contributed by atoms with E-state index in [2.05, 4.69) is 33.6 Å². The molecule has 0 bridgehead atoms. The third-order valence-corrected chi connectivity index (χ3v) is 5.02. The number of benzene rings is 1. The number of pyridine rings is 1. The molecule has 1 saturated heterocycles. The molecular weight excluding hydrogens is 340 g/mol. The summed E-state index contributed by atoms with van der Waals surface area (Å²) in [6.45, 7) is 3.46. The molecule has 1 amide bonds. The second-order valence-corrected chi connectivity index (χ2v) is 6.74. The van der Waals surface area contributed by atoms with Gasteiger partial charge in [0.15, 0.2) is 0 Å². The number of nitrogens with zero attached hydrogens (tertiary/aromatic N) is 4. The van der Waals surface area contributed by atoms with E-state index in [-0.39, 0.29) is 11.9 Å². The fourth-order valence-electron chi connectivity index (χ4n) is 3.65. The van der Waals surface area contributed by atoms with E-state index in [1.807, 2.05) is 29.3 Å². The maximum atomic E-state index is 12.8. The number of aromatic nitrogens is 3. The van der Waals surface area contributed by atoms with E-state index in [9.17, 15) is 4.79 Å². The molecule has 3 heterocycles. The molecule has 4 rings (SSSR count). The van der Waals surface area contributed by atoms with Crippen molar-refractivity contribution >= 4 is 5.91 Å². The summed E-state index contributed by atoms with van der Waals surface area (Å²) in [6, 6.07) is 13.9. The molecule has 3 aromatic rings. The Morgan fingerprint density at radius 3 is 2.63 bits per heavy atom. The smallest absolute Gasteiger partial charge is 0.255 e. The van der Waals surface area contributed by atoms with Crippen LogP contribution in [0, 0.1) is 6.92 Å². The van der Waals surface area contributed by atoms with Gasteiger partial charge in [-0.1, -0.05) is 30.3 Å². The molecule has 1 atom stereocenters. The van der Waals surface area contributed by atoms with Crippen molar-refractivity contribution in [3.8, 4) is 17.3 Å². The zero-order valence-corrected chi connectivity index (χ0v) is 15.5. The van der Waals surface area contributed by atoms with E-state index in [0.717, 1.165) is 30.0 Å². The first-order chi connectivity index (χ1) is 13.2. The fourth-order valence-corrected chi connectivity index (χ4v) is 3.65. The lowest BCUT2D eigenvalue weighted by Gasteiger charge is -2.20. The summed E-state index contributed by atoms with van der Waals surface area (Å²) in [4.78, 5) is 23.5. The maximum absolute atomic E-state index is 12.8. The van der Waals surface area contributed by atoms with Crippen LogP contribution in [0.1, 0.15) is 28.5 Å². The van der Waals surface area contributed by atoms with Crippen LogP contribution in [0.2, 0.25) is 0 Å². The van der Waals surface area contributed by atoms with Gasteiger partial charge in [-0.2, -0.15) is 0 Å². The molecule has 0 radical (unpaired) electrons. The average Bonchev–Trinajstić information content (AvgIpc) is 3.34. The van der Waals surface area contributed by atoms with E-state index in [1.165, 1.54) is 0 Å². The summed E-state index contributed by atoms with van der Waals surface area (Å²) in [7, 11) is 1.56. The Balaban J connectivity index is 1.55. The molecular formula is C21H22N4O2. The number of carbonyl (C=O) groups is 1. The summed E-state index contributed by atoms with van der Waals surface area (Å²) in [5.74, 6) is 1.47. The molecule has 1 fully saturated rings. The van der Waals surface area contributed by atoms with Gasteiger partial charge >= 0.3 is 0 Å².